The second-order valence-corrected chi connectivity index (χ2v) is 7.31. The molecule has 0 aliphatic carbocycles. The number of aromatic nitrogens is 3. The molecule has 3 rings (SSSR count). The molecule has 6 heteroatoms. The lowest BCUT2D eigenvalue weighted by molar-refractivity contribution is 0.0508. The van der Waals surface area contributed by atoms with Crippen molar-refractivity contribution in [2.45, 2.75) is 45.8 Å². The smallest absolute Gasteiger partial charge is 0.407 e. The molecule has 25 heavy (non-hydrogen) atoms. The van der Waals surface area contributed by atoms with Gasteiger partial charge in [-0.1, -0.05) is 12.1 Å². The zero-order valence-electron chi connectivity index (χ0n) is 15.0. The molecule has 0 saturated carbocycles. The summed E-state index contributed by atoms with van der Waals surface area (Å²) in [5.41, 5.74) is 3.90. The van der Waals surface area contributed by atoms with E-state index < -0.39 is 5.60 Å². The Morgan fingerprint density at radius 1 is 1.28 bits per heavy atom. The van der Waals surface area contributed by atoms with Crippen molar-refractivity contribution in [2.75, 3.05) is 0 Å². The highest BCUT2D eigenvalue weighted by Gasteiger charge is 2.18. The summed E-state index contributed by atoms with van der Waals surface area (Å²) in [5.74, 6) is 0. The van der Waals surface area contributed by atoms with Crippen LogP contribution in [0.1, 0.15) is 33.3 Å². The van der Waals surface area contributed by atoms with Crippen molar-refractivity contribution in [3.8, 4) is 11.1 Å². The van der Waals surface area contributed by atoms with Crippen LogP contribution in [-0.2, 0) is 11.2 Å². The van der Waals surface area contributed by atoms with Crippen molar-refractivity contribution in [3.05, 3.63) is 42.4 Å². The van der Waals surface area contributed by atoms with Crippen LogP contribution in [0.2, 0.25) is 0 Å². The van der Waals surface area contributed by atoms with E-state index in [-0.39, 0.29) is 12.1 Å². The molecule has 1 aromatic carbocycles. The minimum absolute atomic E-state index is 0.0256. The largest absolute Gasteiger partial charge is 0.444 e. The third kappa shape index (κ3) is 4.21. The van der Waals surface area contributed by atoms with Crippen LogP contribution in [-0.4, -0.2) is 32.9 Å². The van der Waals surface area contributed by atoms with Gasteiger partial charge < -0.3 is 15.0 Å². The van der Waals surface area contributed by atoms with E-state index in [2.05, 4.69) is 38.7 Å². The second kappa shape index (κ2) is 6.63. The maximum absolute atomic E-state index is 11.9. The van der Waals surface area contributed by atoms with E-state index in [1.54, 1.807) is 6.20 Å². The fraction of sp³-hybridized carbons (Fsp3) is 0.368. The van der Waals surface area contributed by atoms with Crippen LogP contribution in [0.4, 0.5) is 4.79 Å². The molecule has 0 fully saturated rings. The predicted octanol–water partition coefficient (Wildman–Crippen LogP) is 4.01. The van der Waals surface area contributed by atoms with Crippen molar-refractivity contribution in [1.29, 1.82) is 0 Å². The topological polar surface area (TPSA) is 82.8 Å². The van der Waals surface area contributed by atoms with Crippen LogP contribution in [0.5, 0.6) is 0 Å². The maximum atomic E-state index is 11.9. The summed E-state index contributed by atoms with van der Waals surface area (Å²) < 4.78 is 5.31. The number of fused-ring (bicyclic) bond motifs is 1. The monoisotopic (exact) mass is 340 g/mol. The molecule has 0 unspecified atom stereocenters. The van der Waals surface area contributed by atoms with E-state index >= 15 is 0 Å². The van der Waals surface area contributed by atoms with Crippen LogP contribution in [0.3, 0.4) is 0 Å². The number of carbonyl (C=O) groups excluding carboxylic acids is 1. The molecule has 6 nitrogen and oxygen atoms in total. The second-order valence-electron chi connectivity index (χ2n) is 7.31. The summed E-state index contributed by atoms with van der Waals surface area (Å²) in [6.45, 7) is 7.54. The number of benzene rings is 1. The van der Waals surface area contributed by atoms with Gasteiger partial charge in [-0.25, -0.2) is 4.79 Å². The molecule has 2 aromatic heterocycles. The summed E-state index contributed by atoms with van der Waals surface area (Å²) in [7, 11) is 0. The Balaban J connectivity index is 1.71. The standard InChI is InChI=1S/C19H24N4O2/c1-12(23-18(24)25-19(2,3)4)7-14-9-20-17-8-13(5-6-16(14)17)15-10-21-22-11-15/h5-6,8-12,20H,7H2,1-4H3,(H,21,22)(H,23,24)/t12-/m1/s1. The molecule has 2 heterocycles. The Labute approximate surface area is 147 Å². The summed E-state index contributed by atoms with van der Waals surface area (Å²) in [4.78, 5) is 15.2. The molecule has 132 valence electrons. The lowest BCUT2D eigenvalue weighted by Gasteiger charge is -2.21. The van der Waals surface area contributed by atoms with Crippen LogP contribution >= 0.6 is 0 Å². The van der Waals surface area contributed by atoms with Gasteiger partial charge in [0.25, 0.3) is 0 Å². The fourth-order valence-corrected chi connectivity index (χ4v) is 2.83. The van der Waals surface area contributed by atoms with Crippen LogP contribution in [0, 0.1) is 0 Å². The number of ether oxygens (including phenoxy) is 1. The molecule has 1 amide bonds. The highest BCUT2D eigenvalue weighted by Crippen LogP contribution is 2.26. The fourth-order valence-electron chi connectivity index (χ4n) is 2.83. The SMILES string of the molecule is C[C@H](Cc1c[nH]c2cc(-c3cn[nH]c3)ccc12)NC(=O)OC(C)(C)C. The summed E-state index contributed by atoms with van der Waals surface area (Å²) in [6.07, 6.45) is 6.01. The van der Waals surface area contributed by atoms with Gasteiger partial charge >= 0.3 is 6.09 Å². The molecule has 0 spiro atoms. The van der Waals surface area contributed by atoms with Crippen molar-refractivity contribution in [2.24, 2.45) is 0 Å². The minimum Gasteiger partial charge on any atom is -0.444 e. The van der Waals surface area contributed by atoms with Gasteiger partial charge in [0.05, 0.1) is 6.20 Å². The Morgan fingerprint density at radius 3 is 2.76 bits per heavy atom. The number of alkyl carbamates (subject to hydrolysis) is 1. The van der Waals surface area contributed by atoms with Crippen LogP contribution in [0.15, 0.2) is 36.8 Å². The predicted molar refractivity (Wildman–Crippen MR) is 98.4 cm³/mol. The average Bonchev–Trinajstić information content (AvgIpc) is 3.14. The van der Waals surface area contributed by atoms with Gasteiger partial charge in [0.1, 0.15) is 5.60 Å². The molecule has 0 saturated heterocycles. The minimum atomic E-state index is -0.492. The number of aromatic amines is 2. The van der Waals surface area contributed by atoms with Crippen molar-refractivity contribution >= 4 is 17.0 Å². The zero-order valence-corrected chi connectivity index (χ0v) is 15.0. The third-order valence-corrected chi connectivity index (χ3v) is 3.89. The Hall–Kier alpha value is -2.76. The van der Waals surface area contributed by atoms with Gasteiger partial charge in [-0.05, 0) is 51.3 Å². The lowest BCUT2D eigenvalue weighted by atomic mass is 10.0. The molecule has 0 radical (unpaired) electrons. The number of carbonyl (C=O) groups is 1. The van der Waals surface area contributed by atoms with Gasteiger partial charge in [-0.2, -0.15) is 5.10 Å². The quantitative estimate of drug-likeness (QED) is 0.671. The normalized spacial score (nSPS) is 13.0. The number of hydrogen-bond donors (Lipinski definition) is 3. The van der Waals surface area contributed by atoms with Gasteiger partial charge in [-0.3, -0.25) is 5.10 Å². The van der Waals surface area contributed by atoms with Gasteiger partial charge in [-0.15, -0.1) is 0 Å². The van der Waals surface area contributed by atoms with Crippen molar-refractivity contribution in [1.82, 2.24) is 20.5 Å². The molecule has 0 aliphatic rings. The van der Waals surface area contributed by atoms with E-state index in [4.69, 9.17) is 4.74 Å². The van der Waals surface area contributed by atoms with Gasteiger partial charge in [0, 0.05) is 34.9 Å². The Morgan fingerprint density at radius 2 is 2.08 bits per heavy atom. The molecule has 1 atom stereocenters. The first-order valence-corrected chi connectivity index (χ1v) is 8.40. The number of nitrogens with one attached hydrogen (secondary N) is 3. The molecule has 0 aliphatic heterocycles. The van der Waals surface area contributed by atoms with Gasteiger partial charge in [0.2, 0.25) is 0 Å². The Bertz CT molecular complexity index is 859. The highest BCUT2D eigenvalue weighted by molar-refractivity contribution is 5.87. The van der Waals surface area contributed by atoms with Crippen LogP contribution < -0.4 is 5.32 Å². The highest BCUT2D eigenvalue weighted by atomic mass is 16.6. The number of H-pyrrole nitrogens is 2. The maximum Gasteiger partial charge on any atom is 0.407 e. The lowest BCUT2D eigenvalue weighted by Crippen LogP contribution is -2.38. The van der Waals surface area contributed by atoms with Crippen molar-refractivity contribution < 1.29 is 9.53 Å². The molecular formula is C19H24N4O2. The van der Waals surface area contributed by atoms with E-state index in [1.807, 2.05) is 40.1 Å². The summed E-state index contributed by atoms with van der Waals surface area (Å²) >= 11 is 0. The summed E-state index contributed by atoms with van der Waals surface area (Å²) in [6, 6.07) is 6.26. The van der Waals surface area contributed by atoms with Crippen molar-refractivity contribution in [3.63, 3.8) is 0 Å². The van der Waals surface area contributed by atoms with Crippen LogP contribution in [0.25, 0.3) is 22.0 Å². The number of hydrogen-bond acceptors (Lipinski definition) is 3. The number of amides is 1. The van der Waals surface area contributed by atoms with Gasteiger partial charge in [0.15, 0.2) is 0 Å². The van der Waals surface area contributed by atoms with E-state index in [0.717, 1.165) is 34.0 Å². The molecule has 3 aromatic rings. The number of nitrogens with zero attached hydrogens (tertiary/aromatic N) is 1. The number of rotatable bonds is 4. The molecule has 3 N–H and O–H groups in total. The van der Waals surface area contributed by atoms with E-state index in [1.165, 1.54) is 0 Å². The first-order valence-electron chi connectivity index (χ1n) is 8.40. The molecular weight excluding hydrogens is 316 g/mol. The summed E-state index contributed by atoms with van der Waals surface area (Å²) in [5, 5.41) is 10.9. The molecule has 0 bridgehead atoms. The first kappa shape index (κ1) is 17.1. The van der Waals surface area contributed by atoms with E-state index in [0.29, 0.717) is 0 Å². The zero-order chi connectivity index (χ0) is 18.0. The Kier molecular flexibility index (Phi) is 4.53. The first-order chi connectivity index (χ1) is 11.8. The van der Waals surface area contributed by atoms with E-state index in [9.17, 15) is 4.79 Å². The third-order valence-electron chi connectivity index (χ3n) is 3.89. The average molecular weight is 340 g/mol.